The van der Waals surface area contributed by atoms with Gasteiger partial charge in [0.05, 0.1) is 5.01 Å². The summed E-state index contributed by atoms with van der Waals surface area (Å²) in [5, 5.41) is 2.32. The lowest BCUT2D eigenvalue weighted by atomic mass is 10.2. The summed E-state index contributed by atoms with van der Waals surface area (Å²) in [5.74, 6) is -0.670. The van der Waals surface area contributed by atoms with E-state index in [2.05, 4.69) is 10.3 Å². The number of Topliss-reactive ketones (excluding diaryl/α,β-unsaturated/α-hetero) is 1. The first-order valence-electron chi connectivity index (χ1n) is 4.41. The molecule has 82 valence electrons. The zero-order valence-electron chi connectivity index (χ0n) is 8.46. The minimum atomic E-state index is -0.575. The van der Waals surface area contributed by atoms with Gasteiger partial charge >= 0.3 is 0 Å². The van der Waals surface area contributed by atoms with Crippen LogP contribution in [0.15, 0.2) is 0 Å². The van der Waals surface area contributed by atoms with Crippen LogP contribution in [0, 0.1) is 12.1 Å². The molecule has 0 aliphatic rings. The summed E-state index contributed by atoms with van der Waals surface area (Å²) in [6.45, 7) is 1.63. The van der Waals surface area contributed by atoms with Crippen molar-refractivity contribution >= 4 is 23.0 Å². The van der Waals surface area contributed by atoms with Gasteiger partial charge in [0.15, 0.2) is 11.5 Å². The predicted octanol–water partition coefficient (Wildman–Crippen LogP) is 1.30. The second-order valence-electron chi connectivity index (χ2n) is 2.95. The van der Waals surface area contributed by atoms with E-state index in [4.69, 9.17) is 0 Å². The van der Waals surface area contributed by atoms with Crippen molar-refractivity contribution < 1.29 is 14.0 Å². The Kier molecular flexibility index (Phi) is 3.90. The van der Waals surface area contributed by atoms with Gasteiger partial charge in [0.25, 0.3) is 0 Å². The van der Waals surface area contributed by atoms with Gasteiger partial charge in [-0.15, -0.1) is 0 Å². The van der Waals surface area contributed by atoms with Crippen LogP contribution in [0.5, 0.6) is 0 Å². The van der Waals surface area contributed by atoms with E-state index in [-0.39, 0.29) is 24.4 Å². The number of rotatable bonds is 4. The Hall–Kier alpha value is -1.30. The van der Waals surface area contributed by atoms with Gasteiger partial charge in [-0.25, -0.2) is 4.98 Å². The highest BCUT2D eigenvalue weighted by Crippen LogP contribution is 2.17. The van der Waals surface area contributed by atoms with Gasteiger partial charge in [-0.2, -0.15) is 4.39 Å². The molecule has 0 spiro atoms. The highest BCUT2D eigenvalue weighted by atomic mass is 32.1. The summed E-state index contributed by atoms with van der Waals surface area (Å²) in [7, 11) is 1.49. The Bertz CT molecular complexity index is 389. The number of hydrogen-bond donors (Lipinski definition) is 1. The van der Waals surface area contributed by atoms with Crippen molar-refractivity contribution in [2.24, 2.45) is 0 Å². The van der Waals surface area contributed by atoms with Crippen molar-refractivity contribution in [3.63, 3.8) is 0 Å². The second-order valence-corrected chi connectivity index (χ2v) is 4.10. The highest BCUT2D eigenvalue weighted by molar-refractivity contribution is 7.10. The fourth-order valence-corrected chi connectivity index (χ4v) is 1.70. The number of aryl methyl sites for hydroxylation is 1. The van der Waals surface area contributed by atoms with Gasteiger partial charge in [0.1, 0.15) is 0 Å². The van der Waals surface area contributed by atoms with E-state index >= 15 is 0 Å². The summed E-state index contributed by atoms with van der Waals surface area (Å²) < 4.78 is 13.1. The summed E-state index contributed by atoms with van der Waals surface area (Å²) in [6.07, 6.45) is 0.0467. The molecule has 0 atom stereocenters. The highest BCUT2D eigenvalue weighted by Gasteiger charge is 2.17. The summed E-state index contributed by atoms with van der Waals surface area (Å²) in [6, 6.07) is 0. The first-order valence-corrected chi connectivity index (χ1v) is 5.23. The van der Waals surface area contributed by atoms with E-state index in [0.717, 1.165) is 11.3 Å². The molecule has 0 aliphatic carbocycles. The van der Waals surface area contributed by atoms with Crippen molar-refractivity contribution in [1.82, 2.24) is 10.3 Å². The maximum absolute atomic E-state index is 13.1. The van der Waals surface area contributed by atoms with E-state index in [9.17, 15) is 14.0 Å². The third-order valence-electron chi connectivity index (χ3n) is 1.81. The van der Waals surface area contributed by atoms with Crippen LogP contribution in [-0.4, -0.2) is 23.7 Å². The Balaban J connectivity index is 2.61. The molecule has 1 N–H and O–H groups in total. The van der Waals surface area contributed by atoms with E-state index in [1.54, 1.807) is 6.92 Å². The quantitative estimate of drug-likeness (QED) is 0.793. The van der Waals surface area contributed by atoms with Crippen LogP contribution >= 0.6 is 11.3 Å². The molecule has 6 heteroatoms. The minimum Gasteiger partial charge on any atom is -0.359 e. The number of nitrogens with one attached hydrogen (secondary N) is 1. The monoisotopic (exact) mass is 230 g/mol. The molecule has 0 saturated carbocycles. The van der Waals surface area contributed by atoms with Crippen LogP contribution in [0.2, 0.25) is 0 Å². The lowest BCUT2D eigenvalue weighted by Gasteiger charge is -1.97. The lowest BCUT2D eigenvalue weighted by molar-refractivity contribution is -0.120. The first-order chi connectivity index (χ1) is 7.04. The molecule has 0 unspecified atom stereocenters. The van der Waals surface area contributed by atoms with E-state index < -0.39 is 10.9 Å². The minimum absolute atomic E-state index is 0.0141. The molecule has 1 aromatic rings. The van der Waals surface area contributed by atoms with Crippen LogP contribution in [0.3, 0.4) is 0 Å². The lowest BCUT2D eigenvalue weighted by Crippen LogP contribution is -2.18. The number of carbonyl (C=O) groups excluding carboxylic acids is 2. The largest absolute Gasteiger partial charge is 0.359 e. The van der Waals surface area contributed by atoms with Gasteiger partial charge in [-0.1, -0.05) is 11.3 Å². The second kappa shape index (κ2) is 4.97. The SMILES string of the molecule is CNC(=O)CCC(=O)c1nc(C)sc1F. The Morgan fingerprint density at radius 1 is 1.47 bits per heavy atom. The Morgan fingerprint density at radius 2 is 2.13 bits per heavy atom. The van der Waals surface area contributed by atoms with Crippen molar-refractivity contribution in [2.75, 3.05) is 7.05 Å². The molecular weight excluding hydrogens is 219 g/mol. The topological polar surface area (TPSA) is 59.1 Å². The van der Waals surface area contributed by atoms with Crippen LogP contribution in [-0.2, 0) is 4.79 Å². The number of halogens is 1. The van der Waals surface area contributed by atoms with Crippen molar-refractivity contribution in [3.8, 4) is 0 Å². The summed E-state index contributed by atoms with van der Waals surface area (Å²) in [4.78, 5) is 26.1. The standard InChI is InChI=1S/C9H11FN2O2S/c1-5-12-8(9(10)15-5)6(13)3-4-7(14)11-2/h3-4H2,1-2H3,(H,11,14). The maximum Gasteiger partial charge on any atom is 0.220 e. The molecule has 1 aromatic heterocycles. The van der Waals surface area contributed by atoms with Gasteiger partial charge in [0, 0.05) is 19.9 Å². The molecule has 0 saturated heterocycles. The zero-order valence-corrected chi connectivity index (χ0v) is 9.28. The first kappa shape index (κ1) is 11.8. The average Bonchev–Trinajstić information content (AvgIpc) is 2.53. The maximum atomic E-state index is 13.1. The fourth-order valence-electron chi connectivity index (χ4n) is 1.04. The smallest absolute Gasteiger partial charge is 0.220 e. The third kappa shape index (κ3) is 3.09. The summed E-state index contributed by atoms with van der Waals surface area (Å²) in [5.41, 5.74) is -0.151. The van der Waals surface area contributed by atoms with E-state index in [1.165, 1.54) is 7.05 Å². The number of amides is 1. The molecular formula is C9H11FN2O2S. The summed E-state index contributed by atoms with van der Waals surface area (Å²) >= 11 is 0.838. The Morgan fingerprint density at radius 3 is 2.60 bits per heavy atom. The number of hydrogen-bond acceptors (Lipinski definition) is 4. The predicted molar refractivity (Wildman–Crippen MR) is 54.4 cm³/mol. The molecule has 0 bridgehead atoms. The van der Waals surface area contributed by atoms with Crippen LogP contribution in [0.4, 0.5) is 4.39 Å². The molecule has 1 rings (SSSR count). The van der Waals surface area contributed by atoms with Crippen LogP contribution < -0.4 is 5.32 Å². The molecule has 4 nitrogen and oxygen atoms in total. The van der Waals surface area contributed by atoms with Crippen molar-refractivity contribution in [1.29, 1.82) is 0 Å². The average molecular weight is 230 g/mol. The van der Waals surface area contributed by atoms with Gasteiger partial charge in [-0.3, -0.25) is 9.59 Å². The zero-order chi connectivity index (χ0) is 11.4. The van der Waals surface area contributed by atoms with Crippen LogP contribution in [0.1, 0.15) is 28.3 Å². The molecule has 0 aliphatic heterocycles. The third-order valence-corrected chi connectivity index (χ3v) is 2.57. The van der Waals surface area contributed by atoms with Crippen molar-refractivity contribution in [2.45, 2.75) is 19.8 Å². The number of carbonyl (C=O) groups is 2. The number of aromatic nitrogens is 1. The molecule has 0 fully saturated rings. The molecule has 1 amide bonds. The molecule has 1 heterocycles. The van der Waals surface area contributed by atoms with Gasteiger partial charge in [-0.05, 0) is 6.92 Å². The molecule has 0 radical (unpaired) electrons. The Labute approximate surface area is 90.5 Å². The van der Waals surface area contributed by atoms with Gasteiger partial charge < -0.3 is 5.32 Å². The van der Waals surface area contributed by atoms with E-state index in [0.29, 0.717) is 5.01 Å². The molecule has 0 aromatic carbocycles. The van der Waals surface area contributed by atoms with E-state index in [1.807, 2.05) is 0 Å². The fraction of sp³-hybridized carbons (Fsp3) is 0.444. The van der Waals surface area contributed by atoms with Crippen LogP contribution in [0.25, 0.3) is 0 Å². The number of nitrogens with zero attached hydrogens (tertiary/aromatic N) is 1. The number of thiazole rings is 1. The number of ketones is 1. The normalized spacial score (nSPS) is 10.1. The van der Waals surface area contributed by atoms with Gasteiger partial charge in [0.2, 0.25) is 11.0 Å². The van der Waals surface area contributed by atoms with Crippen molar-refractivity contribution in [3.05, 3.63) is 15.8 Å². The molecule has 15 heavy (non-hydrogen) atoms.